The first-order valence-corrected chi connectivity index (χ1v) is 6.89. The first-order chi connectivity index (χ1) is 11.4. The Kier molecular flexibility index (Phi) is 5.38. The molecule has 0 atom stereocenters. The topological polar surface area (TPSA) is 50.1 Å². The van der Waals surface area contributed by atoms with E-state index < -0.39 is 17.7 Å². The number of alkyl halides is 3. The standard InChI is InChI=1S/C18H12F3NO2/c19-18(20,21)16-6-2-3-13(10-16)7-8-17(23)24-12-15-5-1-4-14(9-15)11-22/h1-10H,12H2/b8-7+. The van der Waals surface area contributed by atoms with Gasteiger partial charge in [-0.1, -0.05) is 24.3 Å². The molecule has 6 heteroatoms. The van der Waals surface area contributed by atoms with E-state index in [2.05, 4.69) is 0 Å². The van der Waals surface area contributed by atoms with Gasteiger partial charge < -0.3 is 4.74 Å². The predicted octanol–water partition coefficient (Wildman–Crippen LogP) is 4.33. The molecule has 24 heavy (non-hydrogen) atoms. The van der Waals surface area contributed by atoms with Crippen molar-refractivity contribution in [3.05, 3.63) is 76.9 Å². The van der Waals surface area contributed by atoms with Crippen molar-refractivity contribution in [2.24, 2.45) is 0 Å². The number of esters is 1. The van der Waals surface area contributed by atoms with Gasteiger partial charge in [0, 0.05) is 6.08 Å². The van der Waals surface area contributed by atoms with E-state index in [1.165, 1.54) is 18.2 Å². The number of carbonyl (C=O) groups is 1. The summed E-state index contributed by atoms with van der Waals surface area (Å²) in [6, 6.07) is 13.2. The highest BCUT2D eigenvalue weighted by molar-refractivity contribution is 5.87. The van der Waals surface area contributed by atoms with Gasteiger partial charge in [-0.3, -0.25) is 0 Å². The number of rotatable bonds is 4. The number of ether oxygens (including phenoxy) is 1. The maximum atomic E-state index is 12.6. The molecule has 0 radical (unpaired) electrons. The van der Waals surface area contributed by atoms with Crippen molar-refractivity contribution < 1.29 is 22.7 Å². The van der Waals surface area contributed by atoms with Gasteiger partial charge in [-0.05, 0) is 41.5 Å². The molecule has 0 N–H and O–H groups in total. The number of nitrogens with zero attached hydrogens (tertiary/aromatic N) is 1. The molecule has 0 fully saturated rings. The smallest absolute Gasteiger partial charge is 0.416 e. The summed E-state index contributed by atoms with van der Waals surface area (Å²) >= 11 is 0. The zero-order valence-corrected chi connectivity index (χ0v) is 12.4. The lowest BCUT2D eigenvalue weighted by Crippen LogP contribution is -2.04. The van der Waals surface area contributed by atoms with Gasteiger partial charge in [-0.15, -0.1) is 0 Å². The molecular weight excluding hydrogens is 319 g/mol. The molecule has 0 aliphatic rings. The maximum absolute atomic E-state index is 12.6. The second kappa shape index (κ2) is 7.47. The highest BCUT2D eigenvalue weighted by Gasteiger charge is 2.30. The van der Waals surface area contributed by atoms with Gasteiger partial charge >= 0.3 is 12.1 Å². The molecule has 0 saturated heterocycles. The van der Waals surface area contributed by atoms with Crippen LogP contribution in [0.25, 0.3) is 6.08 Å². The summed E-state index contributed by atoms with van der Waals surface area (Å²) in [6.07, 6.45) is -2.12. The van der Waals surface area contributed by atoms with Crippen LogP contribution >= 0.6 is 0 Å². The lowest BCUT2D eigenvalue weighted by molar-refractivity contribution is -0.139. The minimum absolute atomic E-state index is 0.0265. The molecule has 0 aliphatic carbocycles. The van der Waals surface area contributed by atoms with Gasteiger partial charge in [0.1, 0.15) is 6.61 Å². The van der Waals surface area contributed by atoms with Crippen LogP contribution in [-0.2, 0) is 22.3 Å². The molecule has 2 aromatic carbocycles. The van der Waals surface area contributed by atoms with E-state index in [0.29, 0.717) is 11.1 Å². The fourth-order valence-electron chi connectivity index (χ4n) is 1.92. The average Bonchev–Trinajstić information content (AvgIpc) is 2.58. The van der Waals surface area contributed by atoms with Crippen LogP contribution in [0.3, 0.4) is 0 Å². The summed E-state index contributed by atoms with van der Waals surface area (Å²) in [4.78, 5) is 11.6. The van der Waals surface area contributed by atoms with Crippen LogP contribution in [0.1, 0.15) is 22.3 Å². The van der Waals surface area contributed by atoms with Gasteiger partial charge in [0.2, 0.25) is 0 Å². The van der Waals surface area contributed by atoms with Gasteiger partial charge in [0.25, 0.3) is 0 Å². The third-order valence-electron chi connectivity index (χ3n) is 3.06. The predicted molar refractivity (Wildman–Crippen MR) is 81.4 cm³/mol. The van der Waals surface area contributed by atoms with Crippen LogP contribution in [-0.4, -0.2) is 5.97 Å². The largest absolute Gasteiger partial charge is 0.458 e. The average molecular weight is 331 g/mol. The first kappa shape index (κ1) is 17.3. The summed E-state index contributed by atoms with van der Waals surface area (Å²) in [5, 5.41) is 8.78. The highest BCUT2D eigenvalue weighted by Crippen LogP contribution is 2.29. The van der Waals surface area contributed by atoms with Crippen molar-refractivity contribution in [2.45, 2.75) is 12.8 Å². The number of benzene rings is 2. The molecular formula is C18H12F3NO2. The van der Waals surface area contributed by atoms with Crippen molar-refractivity contribution in [1.82, 2.24) is 0 Å². The molecule has 2 rings (SSSR count). The van der Waals surface area contributed by atoms with Gasteiger partial charge in [-0.25, -0.2) is 4.79 Å². The summed E-state index contributed by atoms with van der Waals surface area (Å²) in [6.45, 7) is -0.0265. The first-order valence-electron chi connectivity index (χ1n) is 6.89. The van der Waals surface area contributed by atoms with E-state index in [4.69, 9.17) is 10.00 Å². The van der Waals surface area contributed by atoms with E-state index in [9.17, 15) is 18.0 Å². The fraction of sp³-hybridized carbons (Fsp3) is 0.111. The molecule has 0 saturated carbocycles. The number of hydrogen-bond donors (Lipinski definition) is 0. The van der Waals surface area contributed by atoms with Gasteiger partial charge in [0.15, 0.2) is 0 Å². The zero-order chi connectivity index (χ0) is 17.6. The Hall–Kier alpha value is -3.07. The van der Waals surface area contributed by atoms with E-state index in [1.807, 2.05) is 6.07 Å². The van der Waals surface area contributed by atoms with Gasteiger partial charge in [0.05, 0.1) is 17.2 Å². The van der Waals surface area contributed by atoms with E-state index in [1.54, 1.807) is 24.3 Å². The Morgan fingerprint density at radius 2 is 1.92 bits per heavy atom. The van der Waals surface area contributed by atoms with Crippen LogP contribution < -0.4 is 0 Å². The molecule has 0 heterocycles. The van der Waals surface area contributed by atoms with E-state index >= 15 is 0 Å². The molecule has 0 spiro atoms. The number of halogens is 3. The lowest BCUT2D eigenvalue weighted by atomic mass is 10.1. The molecule has 0 unspecified atom stereocenters. The highest BCUT2D eigenvalue weighted by atomic mass is 19.4. The van der Waals surface area contributed by atoms with Crippen LogP contribution in [0.15, 0.2) is 54.6 Å². The summed E-state index contributed by atoms with van der Waals surface area (Å²) in [5.41, 5.74) is 0.553. The van der Waals surface area contributed by atoms with Crippen molar-refractivity contribution in [2.75, 3.05) is 0 Å². The Morgan fingerprint density at radius 1 is 1.17 bits per heavy atom. The molecule has 0 aliphatic heterocycles. The quantitative estimate of drug-likeness (QED) is 0.619. The van der Waals surface area contributed by atoms with E-state index in [0.717, 1.165) is 18.2 Å². The summed E-state index contributed by atoms with van der Waals surface area (Å²) in [5.74, 6) is -0.685. The molecule has 122 valence electrons. The van der Waals surface area contributed by atoms with Crippen molar-refractivity contribution in [3.63, 3.8) is 0 Å². The van der Waals surface area contributed by atoms with Crippen molar-refractivity contribution >= 4 is 12.0 Å². The fourth-order valence-corrected chi connectivity index (χ4v) is 1.92. The molecule has 0 amide bonds. The third kappa shape index (κ3) is 4.99. The molecule has 3 nitrogen and oxygen atoms in total. The minimum Gasteiger partial charge on any atom is -0.458 e. The third-order valence-corrected chi connectivity index (χ3v) is 3.06. The normalized spacial score (nSPS) is 11.2. The Bertz CT molecular complexity index is 804. The van der Waals surface area contributed by atoms with E-state index in [-0.39, 0.29) is 12.2 Å². The Morgan fingerprint density at radius 3 is 2.62 bits per heavy atom. The van der Waals surface area contributed by atoms with Crippen LogP contribution in [0, 0.1) is 11.3 Å². The number of hydrogen-bond acceptors (Lipinski definition) is 3. The summed E-state index contributed by atoms with van der Waals surface area (Å²) < 4.78 is 42.8. The second-order valence-electron chi connectivity index (χ2n) is 4.88. The van der Waals surface area contributed by atoms with Crippen LogP contribution in [0.5, 0.6) is 0 Å². The number of nitriles is 1. The van der Waals surface area contributed by atoms with Gasteiger partial charge in [-0.2, -0.15) is 18.4 Å². The Labute approximate surface area is 136 Å². The number of carbonyl (C=O) groups excluding carboxylic acids is 1. The van der Waals surface area contributed by atoms with Crippen LogP contribution in [0.4, 0.5) is 13.2 Å². The SMILES string of the molecule is N#Cc1cccc(COC(=O)/C=C/c2cccc(C(F)(F)F)c2)c1. The van der Waals surface area contributed by atoms with Crippen molar-refractivity contribution in [1.29, 1.82) is 5.26 Å². The monoisotopic (exact) mass is 331 g/mol. The molecule has 0 aromatic heterocycles. The maximum Gasteiger partial charge on any atom is 0.416 e. The molecule has 2 aromatic rings. The van der Waals surface area contributed by atoms with Crippen LogP contribution in [0.2, 0.25) is 0 Å². The van der Waals surface area contributed by atoms with Crippen molar-refractivity contribution in [3.8, 4) is 6.07 Å². The zero-order valence-electron chi connectivity index (χ0n) is 12.4. The summed E-state index contributed by atoms with van der Waals surface area (Å²) in [7, 11) is 0. The second-order valence-corrected chi connectivity index (χ2v) is 4.88. The lowest BCUT2D eigenvalue weighted by Gasteiger charge is -2.06. The minimum atomic E-state index is -4.43. The molecule has 0 bridgehead atoms. The Balaban J connectivity index is 1.97.